The number of imide groups is 1. The number of likely N-dealkylation sites (tertiary alicyclic amines) is 1. The van der Waals surface area contributed by atoms with E-state index in [1.54, 1.807) is 0 Å². The number of rotatable bonds is 2. The molecule has 2 aliphatic heterocycles. The van der Waals surface area contributed by atoms with Gasteiger partial charge in [0, 0.05) is 30.5 Å². The van der Waals surface area contributed by atoms with Gasteiger partial charge in [0.1, 0.15) is 11.9 Å². The lowest BCUT2D eigenvalue weighted by molar-refractivity contribution is -0.154. The highest BCUT2D eigenvalue weighted by Gasteiger charge is 2.46. The summed E-state index contributed by atoms with van der Waals surface area (Å²) < 4.78 is 5.89. The summed E-state index contributed by atoms with van der Waals surface area (Å²) in [5, 5.41) is 0. The molecule has 1 aromatic heterocycles. The Morgan fingerprint density at radius 3 is 2.46 bits per heavy atom. The van der Waals surface area contributed by atoms with Gasteiger partial charge in [-0.2, -0.15) is 4.98 Å². The summed E-state index contributed by atoms with van der Waals surface area (Å²) in [7, 11) is 0. The summed E-state index contributed by atoms with van der Waals surface area (Å²) in [5.74, 6) is 1.22. The van der Waals surface area contributed by atoms with Gasteiger partial charge >= 0.3 is 0 Å². The molecule has 1 saturated heterocycles. The number of amides is 2. The molecule has 1 atom stereocenters. The molecule has 1 aliphatic carbocycles. The first-order chi connectivity index (χ1) is 11.5. The van der Waals surface area contributed by atoms with Crippen LogP contribution in [0.15, 0.2) is 0 Å². The van der Waals surface area contributed by atoms with Crippen LogP contribution in [-0.4, -0.2) is 39.3 Å². The molecule has 2 amide bonds. The molecule has 1 aromatic rings. The van der Waals surface area contributed by atoms with Crippen molar-refractivity contribution in [2.45, 2.75) is 64.9 Å². The summed E-state index contributed by atoms with van der Waals surface area (Å²) in [5.41, 5.74) is 1.86. The largest absolute Gasteiger partial charge is 0.472 e. The minimum atomic E-state index is -0.208. The van der Waals surface area contributed by atoms with Crippen molar-refractivity contribution in [1.82, 2.24) is 14.9 Å². The first-order valence-corrected chi connectivity index (χ1v) is 8.80. The highest BCUT2D eigenvalue weighted by Crippen LogP contribution is 2.47. The average molecular weight is 329 g/mol. The molecule has 0 N–H and O–H groups in total. The molecule has 6 heteroatoms. The number of aromatic nitrogens is 2. The minimum Gasteiger partial charge on any atom is -0.472 e. The Labute approximate surface area is 141 Å². The molecule has 0 bridgehead atoms. The van der Waals surface area contributed by atoms with Crippen LogP contribution in [0.5, 0.6) is 5.88 Å². The van der Waals surface area contributed by atoms with Crippen LogP contribution in [0.2, 0.25) is 0 Å². The predicted octanol–water partition coefficient (Wildman–Crippen LogP) is 2.11. The first-order valence-electron chi connectivity index (χ1n) is 8.80. The van der Waals surface area contributed by atoms with Gasteiger partial charge in [0.05, 0.1) is 6.54 Å². The highest BCUT2D eigenvalue weighted by molar-refractivity contribution is 5.98. The maximum absolute atomic E-state index is 12.6. The van der Waals surface area contributed by atoms with Crippen molar-refractivity contribution in [3.05, 3.63) is 17.1 Å². The van der Waals surface area contributed by atoms with E-state index in [1.165, 1.54) is 4.90 Å². The van der Waals surface area contributed by atoms with Gasteiger partial charge in [0.25, 0.3) is 0 Å². The zero-order chi connectivity index (χ0) is 16.9. The van der Waals surface area contributed by atoms with Crippen molar-refractivity contribution in [3.8, 4) is 5.88 Å². The van der Waals surface area contributed by atoms with Crippen LogP contribution in [0.3, 0.4) is 0 Å². The minimum absolute atomic E-state index is 0.0355. The predicted molar refractivity (Wildman–Crippen MR) is 86.5 cm³/mol. The van der Waals surface area contributed by atoms with Gasteiger partial charge in [0.2, 0.25) is 17.7 Å². The SMILES string of the molecule is Cc1nc(C)c2c(n1)O[C@H](CN1C(=O)CC3(CCCC3)CC1=O)C2. The second-order valence-corrected chi connectivity index (χ2v) is 7.54. The van der Waals surface area contributed by atoms with Crippen LogP contribution < -0.4 is 4.74 Å². The number of hydrogen-bond acceptors (Lipinski definition) is 5. The normalized spacial score (nSPS) is 25.2. The van der Waals surface area contributed by atoms with Crippen molar-refractivity contribution in [2.24, 2.45) is 5.41 Å². The fraction of sp³-hybridized carbons (Fsp3) is 0.667. The highest BCUT2D eigenvalue weighted by atomic mass is 16.5. The molecule has 2 fully saturated rings. The average Bonchev–Trinajstić information content (AvgIpc) is 3.10. The van der Waals surface area contributed by atoms with E-state index in [0.717, 1.165) is 36.9 Å². The lowest BCUT2D eigenvalue weighted by Gasteiger charge is -2.37. The second kappa shape index (κ2) is 5.53. The number of fused-ring (bicyclic) bond motifs is 1. The number of hydrogen-bond donors (Lipinski definition) is 0. The topological polar surface area (TPSA) is 72.4 Å². The molecule has 6 nitrogen and oxygen atoms in total. The van der Waals surface area contributed by atoms with Crippen molar-refractivity contribution in [1.29, 1.82) is 0 Å². The smallest absolute Gasteiger partial charge is 0.229 e. The molecule has 3 heterocycles. The Morgan fingerprint density at radius 2 is 1.79 bits per heavy atom. The quantitative estimate of drug-likeness (QED) is 0.777. The van der Waals surface area contributed by atoms with Gasteiger partial charge in [-0.25, -0.2) is 4.98 Å². The Kier molecular flexibility index (Phi) is 3.58. The molecule has 1 spiro atoms. The van der Waals surface area contributed by atoms with Crippen molar-refractivity contribution in [3.63, 3.8) is 0 Å². The van der Waals surface area contributed by atoms with Crippen LogP contribution >= 0.6 is 0 Å². The summed E-state index contributed by atoms with van der Waals surface area (Å²) in [6.07, 6.45) is 5.77. The molecule has 3 aliphatic rings. The summed E-state index contributed by atoms with van der Waals surface area (Å²) in [6.45, 7) is 4.10. The number of carbonyl (C=O) groups excluding carboxylic acids is 2. The van der Waals surface area contributed by atoms with Gasteiger partial charge in [0.15, 0.2) is 0 Å². The van der Waals surface area contributed by atoms with Crippen LogP contribution in [0.4, 0.5) is 0 Å². The fourth-order valence-electron chi connectivity index (χ4n) is 4.49. The van der Waals surface area contributed by atoms with Crippen LogP contribution in [-0.2, 0) is 16.0 Å². The summed E-state index contributed by atoms with van der Waals surface area (Å²) >= 11 is 0. The van der Waals surface area contributed by atoms with E-state index in [9.17, 15) is 9.59 Å². The van der Waals surface area contributed by atoms with Gasteiger partial charge in [-0.15, -0.1) is 0 Å². The molecular formula is C18H23N3O3. The Morgan fingerprint density at radius 1 is 1.12 bits per heavy atom. The Balaban J connectivity index is 1.46. The first kappa shape index (κ1) is 15.5. The lowest BCUT2D eigenvalue weighted by atomic mass is 9.76. The molecule has 0 aromatic carbocycles. The number of carbonyl (C=O) groups is 2. The van der Waals surface area contributed by atoms with Gasteiger partial charge in [-0.1, -0.05) is 12.8 Å². The van der Waals surface area contributed by atoms with E-state index < -0.39 is 0 Å². The number of nitrogens with zero attached hydrogens (tertiary/aromatic N) is 3. The van der Waals surface area contributed by atoms with E-state index in [4.69, 9.17) is 4.74 Å². The molecule has 4 rings (SSSR count). The van der Waals surface area contributed by atoms with Crippen molar-refractivity contribution >= 4 is 11.8 Å². The molecule has 0 radical (unpaired) electrons. The van der Waals surface area contributed by atoms with Gasteiger partial charge in [-0.05, 0) is 32.1 Å². The van der Waals surface area contributed by atoms with Crippen LogP contribution in [0.1, 0.15) is 55.6 Å². The van der Waals surface area contributed by atoms with E-state index in [0.29, 0.717) is 37.5 Å². The third kappa shape index (κ3) is 2.58. The maximum Gasteiger partial charge on any atom is 0.229 e. The lowest BCUT2D eigenvalue weighted by Crippen LogP contribution is -2.50. The molecule has 24 heavy (non-hydrogen) atoms. The van der Waals surface area contributed by atoms with E-state index >= 15 is 0 Å². The standard InChI is InChI=1S/C18H23N3O3/c1-11-14-7-13(24-17(14)20-12(2)19-11)10-21-15(22)8-18(9-16(21)23)5-3-4-6-18/h13H,3-10H2,1-2H3/t13-/m0/s1. The number of ether oxygens (including phenoxy) is 1. The summed E-state index contributed by atoms with van der Waals surface area (Å²) in [6, 6.07) is 0. The summed E-state index contributed by atoms with van der Waals surface area (Å²) in [4.78, 5) is 35.2. The molecular weight excluding hydrogens is 306 g/mol. The second-order valence-electron chi connectivity index (χ2n) is 7.54. The Bertz CT molecular complexity index is 690. The zero-order valence-electron chi connectivity index (χ0n) is 14.3. The van der Waals surface area contributed by atoms with Crippen LogP contribution in [0.25, 0.3) is 0 Å². The van der Waals surface area contributed by atoms with Crippen LogP contribution in [0, 0.1) is 19.3 Å². The Hall–Kier alpha value is -1.98. The van der Waals surface area contributed by atoms with Crippen molar-refractivity contribution < 1.29 is 14.3 Å². The van der Waals surface area contributed by atoms with Crippen molar-refractivity contribution in [2.75, 3.05) is 6.54 Å². The van der Waals surface area contributed by atoms with E-state index in [1.807, 2.05) is 13.8 Å². The zero-order valence-corrected chi connectivity index (χ0v) is 14.3. The van der Waals surface area contributed by atoms with E-state index in [-0.39, 0.29) is 23.3 Å². The monoisotopic (exact) mass is 329 g/mol. The molecule has 1 saturated carbocycles. The maximum atomic E-state index is 12.6. The van der Waals surface area contributed by atoms with Gasteiger partial charge < -0.3 is 4.74 Å². The molecule has 0 unspecified atom stereocenters. The third-order valence-electron chi connectivity index (χ3n) is 5.70. The number of aryl methyl sites for hydroxylation is 2. The number of piperidine rings is 1. The van der Waals surface area contributed by atoms with Gasteiger partial charge in [-0.3, -0.25) is 14.5 Å². The fourth-order valence-corrected chi connectivity index (χ4v) is 4.49. The third-order valence-corrected chi connectivity index (χ3v) is 5.70. The van der Waals surface area contributed by atoms with E-state index in [2.05, 4.69) is 9.97 Å². The molecule has 128 valence electrons.